The second-order valence-corrected chi connectivity index (χ2v) is 7.12. The number of aromatic nitrogens is 4. The Morgan fingerprint density at radius 2 is 2.15 bits per heavy atom. The zero-order valence-electron chi connectivity index (χ0n) is 14.3. The Morgan fingerprint density at radius 3 is 2.85 bits per heavy atom. The molecule has 26 heavy (non-hydrogen) atoms. The zero-order valence-corrected chi connectivity index (χ0v) is 15.9. The third-order valence-corrected chi connectivity index (χ3v) is 4.78. The first-order valence-corrected chi connectivity index (χ1v) is 9.31. The van der Waals surface area contributed by atoms with Gasteiger partial charge in [-0.3, -0.25) is 14.3 Å². The average molecular weight is 389 g/mol. The van der Waals surface area contributed by atoms with Crippen LogP contribution in [0.5, 0.6) is 0 Å². The number of ether oxygens (including phenoxy) is 1. The number of halogens is 1. The highest BCUT2D eigenvalue weighted by molar-refractivity contribution is 8.00. The summed E-state index contributed by atoms with van der Waals surface area (Å²) in [7, 11) is 0. The van der Waals surface area contributed by atoms with E-state index in [4.69, 9.17) is 16.3 Å². The van der Waals surface area contributed by atoms with Gasteiger partial charge in [-0.05, 0) is 44.2 Å². The fourth-order valence-corrected chi connectivity index (χ4v) is 3.39. The van der Waals surface area contributed by atoms with Gasteiger partial charge in [-0.1, -0.05) is 29.4 Å². The standard InChI is InChI=1S/C18H17ClN4O2S/c1-3-25-17(24)12(2)26-18-22-21-16(13-6-5-9-20-11-13)23(18)15-8-4-7-14(19)10-15/h4-12H,3H2,1-2H3/t12-/m1/s1. The van der Waals surface area contributed by atoms with Crippen LogP contribution in [0.25, 0.3) is 17.1 Å². The van der Waals surface area contributed by atoms with Crippen molar-refractivity contribution in [2.24, 2.45) is 0 Å². The first kappa shape index (κ1) is 18.4. The molecule has 0 unspecified atom stereocenters. The minimum absolute atomic E-state index is 0.291. The molecule has 0 bridgehead atoms. The molecular weight excluding hydrogens is 372 g/mol. The Balaban J connectivity index is 2.05. The fraction of sp³-hybridized carbons (Fsp3) is 0.222. The van der Waals surface area contributed by atoms with Crippen LogP contribution in [0.15, 0.2) is 53.9 Å². The maximum absolute atomic E-state index is 12.0. The second-order valence-electron chi connectivity index (χ2n) is 5.38. The van der Waals surface area contributed by atoms with E-state index < -0.39 is 5.25 Å². The molecule has 0 aliphatic rings. The lowest BCUT2D eigenvalue weighted by Gasteiger charge is -2.13. The van der Waals surface area contributed by atoms with Crippen molar-refractivity contribution in [2.45, 2.75) is 24.3 Å². The van der Waals surface area contributed by atoms with Crippen molar-refractivity contribution in [1.82, 2.24) is 19.7 Å². The van der Waals surface area contributed by atoms with Crippen LogP contribution in [-0.4, -0.2) is 37.6 Å². The van der Waals surface area contributed by atoms with Crippen molar-refractivity contribution in [3.63, 3.8) is 0 Å². The number of pyridine rings is 1. The van der Waals surface area contributed by atoms with Gasteiger partial charge in [-0.25, -0.2) is 0 Å². The summed E-state index contributed by atoms with van der Waals surface area (Å²) in [6, 6.07) is 11.1. The smallest absolute Gasteiger partial charge is 0.319 e. The number of carbonyl (C=O) groups is 1. The number of thioether (sulfide) groups is 1. The largest absolute Gasteiger partial charge is 0.465 e. The maximum atomic E-state index is 12.0. The first-order valence-electron chi connectivity index (χ1n) is 8.05. The van der Waals surface area contributed by atoms with E-state index in [0.717, 1.165) is 11.3 Å². The highest BCUT2D eigenvalue weighted by Crippen LogP contribution is 2.31. The van der Waals surface area contributed by atoms with E-state index in [2.05, 4.69) is 15.2 Å². The van der Waals surface area contributed by atoms with Crippen molar-refractivity contribution in [3.8, 4) is 17.1 Å². The van der Waals surface area contributed by atoms with Crippen LogP contribution < -0.4 is 0 Å². The third kappa shape index (κ3) is 4.05. The van der Waals surface area contributed by atoms with E-state index in [0.29, 0.717) is 22.6 Å². The molecule has 2 aromatic heterocycles. The molecule has 2 heterocycles. The molecule has 0 fully saturated rings. The van der Waals surface area contributed by atoms with Gasteiger partial charge in [-0.2, -0.15) is 0 Å². The van der Waals surface area contributed by atoms with Gasteiger partial charge in [0, 0.05) is 23.0 Å². The highest BCUT2D eigenvalue weighted by Gasteiger charge is 2.22. The number of benzene rings is 1. The van der Waals surface area contributed by atoms with Crippen LogP contribution in [0.3, 0.4) is 0 Å². The van der Waals surface area contributed by atoms with Crippen LogP contribution >= 0.6 is 23.4 Å². The van der Waals surface area contributed by atoms with E-state index in [1.54, 1.807) is 32.3 Å². The molecule has 0 spiro atoms. The van der Waals surface area contributed by atoms with Gasteiger partial charge in [-0.15, -0.1) is 10.2 Å². The molecule has 8 heteroatoms. The maximum Gasteiger partial charge on any atom is 0.319 e. The zero-order chi connectivity index (χ0) is 18.5. The predicted octanol–water partition coefficient (Wildman–Crippen LogP) is 4.03. The topological polar surface area (TPSA) is 69.9 Å². The lowest BCUT2D eigenvalue weighted by Crippen LogP contribution is -2.17. The monoisotopic (exact) mass is 388 g/mol. The molecule has 134 valence electrons. The summed E-state index contributed by atoms with van der Waals surface area (Å²) in [6.07, 6.45) is 3.41. The molecule has 1 atom stereocenters. The van der Waals surface area contributed by atoms with Gasteiger partial charge in [0.2, 0.25) is 0 Å². The number of esters is 1. The molecule has 6 nitrogen and oxygen atoms in total. The summed E-state index contributed by atoms with van der Waals surface area (Å²) in [5, 5.41) is 9.34. The summed E-state index contributed by atoms with van der Waals surface area (Å²) < 4.78 is 6.95. The van der Waals surface area contributed by atoms with Crippen LogP contribution in [-0.2, 0) is 9.53 Å². The van der Waals surface area contributed by atoms with E-state index in [1.165, 1.54) is 11.8 Å². The molecule has 0 saturated carbocycles. The number of nitrogens with zero attached hydrogens (tertiary/aromatic N) is 4. The first-order chi connectivity index (χ1) is 12.6. The summed E-state index contributed by atoms with van der Waals surface area (Å²) >= 11 is 7.45. The number of hydrogen-bond donors (Lipinski definition) is 0. The number of carbonyl (C=O) groups excluding carboxylic acids is 1. The van der Waals surface area contributed by atoms with Crippen molar-refractivity contribution >= 4 is 29.3 Å². The lowest BCUT2D eigenvalue weighted by atomic mass is 10.2. The van der Waals surface area contributed by atoms with Crippen LogP contribution in [0.2, 0.25) is 5.02 Å². The molecule has 0 saturated heterocycles. The highest BCUT2D eigenvalue weighted by atomic mass is 35.5. The SMILES string of the molecule is CCOC(=O)[C@@H](C)Sc1nnc(-c2cccnc2)n1-c1cccc(Cl)c1. The van der Waals surface area contributed by atoms with E-state index in [1.807, 2.05) is 34.9 Å². The molecule has 0 aliphatic carbocycles. The molecular formula is C18H17ClN4O2S. The Kier molecular flexibility index (Phi) is 5.90. The normalized spacial score (nSPS) is 12.0. The van der Waals surface area contributed by atoms with Crippen molar-refractivity contribution in [3.05, 3.63) is 53.8 Å². The van der Waals surface area contributed by atoms with Crippen molar-refractivity contribution in [2.75, 3.05) is 6.61 Å². The Hall–Kier alpha value is -2.38. The number of hydrogen-bond acceptors (Lipinski definition) is 6. The Labute approximate surface area is 160 Å². The molecule has 0 N–H and O–H groups in total. The van der Waals surface area contributed by atoms with Gasteiger partial charge in [0.1, 0.15) is 5.25 Å². The van der Waals surface area contributed by atoms with Gasteiger partial charge < -0.3 is 4.74 Å². The molecule has 0 radical (unpaired) electrons. The molecule has 0 amide bonds. The number of rotatable bonds is 6. The summed E-state index contributed by atoms with van der Waals surface area (Å²) in [6.45, 7) is 3.90. The van der Waals surface area contributed by atoms with E-state index in [9.17, 15) is 4.79 Å². The third-order valence-electron chi connectivity index (χ3n) is 3.52. The Bertz CT molecular complexity index is 901. The molecule has 1 aromatic carbocycles. The van der Waals surface area contributed by atoms with Crippen LogP contribution in [0.1, 0.15) is 13.8 Å². The van der Waals surface area contributed by atoms with Gasteiger partial charge in [0.25, 0.3) is 0 Å². The van der Waals surface area contributed by atoms with E-state index in [-0.39, 0.29) is 5.97 Å². The van der Waals surface area contributed by atoms with Gasteiger partial charge in [0.15, 0.2) is 11.0 Å². The fourth-order valence-electron chi connectivity index (χ4n) is 2.34. The van der Waals surface area contributed by atoms with Crippen molar-refractivity contribution < 1.29 is 9.53 Å². The summed E-state index contributed by atoms with van der Waals surface area (Å²) in [5.41, 5.74) is 1.62. The minimum atomic E-state index is -0.418. The van der Waals surface area contributed by atoms with Gasteiger partial charge >= 0.3 is 5.97 Å². The average Bonchev–Trinajstić information content (AvgIpc) is 3.06. The molecule has 3 aromatic rings. The summed E-state index contributed by atoms with van der Waals surface area (Å²) in [4.78, 5) is 16.1. The predicted molar refractivity (Wildman–Crippen MR) is 102 cm³/mol. The van der Waals surface area contributed by atoms with Crippen LogP contribution in [0, 0.1) is 0 Å². The van der Waals surface area contributed by atoms with E-state index >= 15 is 0 Å². The second kappa shape index (κ2) is 8.33. The quantitative estimate of drug-likeness (QED) is 0.469. The summed E-state index contributed by atoms with van der Waals surface area (Å²) in [5.74, 6) is 0.333. The van der Waals surface area contributed by atoms with Crippen molar-refractivity contribution in [1.29, 1.82) is 0 Å². The van der Waals surface area contributed by atoms with Crippen LogP contribution in [0.4, 0.5) is 0 Å². The minimum Gasteiger partial charge on any atom is -0.465 e. The van der Waals surface area contributed by atoms with Gasteiger partial charge in [0.05, 0.1) is 12.3 Å². The molecule has 0 aliphatic heterocycles. The molecule has 3 rings (SSSR count). The Morgan fingerprint density at radius 1 is 1.31 bits per heavy atom. The lowest BCUT2D eigenvalue weighted by molar-refractivity contribution is -0.142.